The molecule has 4 heteroatoms. The van der Waals surface area contributed by atoms with Crippen molar-refractivity contribution in [2.75, 3.05) is 7.11 Å². The van der Waals surface area contributed by atoms with Gasteiger partial charge in [0.05, 0.1) is 5.66 Å². The van der Waals surface area contributed by atoms with E-state index in [9.17, 15) is 4.57 Å². The number of hydrogen-bond donors (Lipinski definition) is 0. The predicted octanol–water partition coefficient (Wildman–Crippen LogP) is 5.68. The lowest BCUT2D eigenvalue weighted by molar-refractivity contribution is 0.223. The largest absolute Gasteiger partial charge is 0.429 e. The number of rotatable bonds is 6. The van der Waals surface area contributed by atoms with Crippen LogP contribution in [0.1, 0.15) is 57.8 Å². The van der Waals surface area contributed by atoms with Gasteiger partial charge in [-0.1, -0.05) is 31.9 Å². The molecule has 0 N–H and O–H groups in total. The maximum atomic E-state index is 13.1. The Morgan fingerprint density at radius 2 is 1.71 bits per heavy atom. The molecule has 0 radical (unpaired) electrons. The summed E-state index contributed by atoms with van der Waals surface area (Å²) in [5.74, 6) is 1.59. The van der Waals surface area contributed by atoms with E-state index in [1.165, 1.54) is 26.4 Å². The van der Waals surface area contributed by atoms with Gasteiger partial charge in [0.25, 0.3) is 0 Å². The molecule has 1 unspecified atom stereocenters. The molecule has 0 aromatic heterocycles. The van der Waals surface area contributed by atoms with Gasteiger partial charge in [-0.15, -0.1) is 6.58 Å². The summed E-state index contributed by atoms with van der Waals surface area (Å²) in [6.45, 7) is 7.90. The van der Waals surface area contributed by atoms with Crippen molar-refractivity contribution in [1.82, 2.24) is 0 Å². The van der Waals surface area contributed by atoms with Crippen molar-refractivity contribution in [2.24, 2.45) is 11.8 Å². The molecular formula is C17H29O3P. The summed E-state index contributed by atoms with van der Waals surface area (Å²) in [7, 11) is -1.56. The summed E-state index contributed by atoms with van der Waals surface area (Å²) in [5.41, 5.74) is 0.0130. The van der Waals surface area contributed by atoms with Gasteiger partial charge in [-0.3, -0.25) is 0 Å². The third-order valence-electron chi connectivity index (χ3n) is 5.08. The number of allylic oxidation sites excluding steroid dienone is 2. The first-order valence-electron chi connectivity index (χ1n) is 8.25. The smallest absolute Gasteiger partial charge is 0.381 e. The minimum atomic E-state index is -3.07. The van der Waals surface area contributed by atoms with Crippen LogP contribution in [-0.4, -0.2) is 12.8 Å². The van der Waals surface area contributed by atoms with Gasteiger partial charge in [-0.05, 0) is 44.4 Å². The van der Waals surface area contributed by atoms with Gasteiger partial charge in [-0.2, -0.15) is 0 Å². The molecule has 2 rings (SSSR count). The highest BCUT2D eigenvalue weighted by molar-refractivity contribution is 7.54. The van der Waals surface area contributed by atoms with Crippen LogP contribution in [-0.2, 0) is 13.6 Å². The molecule has 2 aliphatic carbocycles. The Morgan fingerprint density at radius 3 is 2.24 bits per heavy atom. The second-order valence-electron chi connectivity index (χ2n) is 6.42. The minimum absolute atomic E-state index is 0.0130. The molecule has 2 saturated carbocycles. The maximum absolute atomic E-state index is 13.1. The topological polar surface area (TPSA) is 35.5 Å². The molecule has 0 aromatic carbocycles. The lowest BCUT2D eigenvalue weighted by atomic mass is 9.88. The Balaban J connectivity index is 1.95. The zero-order valence-corrected chi connectivity index (χ0v) is 14.2. The Kier molecular flexibility index (Phi) is 6.13. The van der Waals surface area contributed by atoms with Crippen LogP contribution in [0.15, 0.2) is 25.0 Å². The highest BCUT2D eigenvalue weighted by atomic mass is 31.2. The highest BCUT2D eigenvalue weighted by Gasteiger charge is 2.39. The van der Waals surface area contributed by atoms with Crippen molar-refractivity contribution >= 4 is 7.60 Å². The van der Waals surface area contributed by atoms with E-state index in [1.54, 1.807) is 0 Å². The third kappa shape index (κ3) is 4.23. The zero-order valence-electron chi connectivity index (χ0n) is 13.3. The molecule has 2 fully saturated rings. The molecule has 0 heterocycles. The van der Waals surface area contributed by atoms with Crippen LogP contribution in [0.4, 0.5) is 0 Å². The lowest BCUT2D eigenvalue weighted by Crippen LogP contribution is -2.21. The summed E-state index contributed by atoms with van der Waals surface area (Å²) < 4.78 is 24.3. The molecule has 0 spiro atoms. The van der Waals surface area contributed by atoms with Crippen LogP contribution in [0, 0.1) is 11.8 Å². The van der Waals surface area contributed by atoms with Crippen LogP contribution < -0.4 is 0 Å². The average Bonchev–Trinajstić information content (AvgIpc) is 2.55. The molecule has 21 heavy (non-hydrogen) atoms. The standard InChI is InChI=1S/C17H29O3P/c1-4-15-10-12-17(13-11-15)21(18,19-3)20-14(2)16-8-6-5-7-9-16/h4,15-17H,1-2,5-13H2,3H3. The van der Waals surface area contributed by atoms with Gasteiger partial charge >= 0.3 is 7.60 Å². The summed E-state index contributed by atoms with van der Waals surface area (Å²) in [6, 6.07) is 0. The quantitative estimate of drug-likeness (QED) is 0.359. The van der Waals surface area contributed by atoms with Gasteiger partial charge in [0.15, 0.2) is 0 Å². The van der Waals surface area contributed by atoms with Gasteiger partial charge in [0.2, 0.25) is 0 Å². The van der Waals surface area contributed by atoms with Crippen molar-refractivity contribution in [3.8, 4) is 0 Å². The van der Waals surface area contributed by atoms with E-state index in [4.69, 9.17) is 9.05 Å². The molecular weight excluding hydrogens is 283 g/mol. The van der Waals surface area contributed by atoms with Gasteiger partial charge < -0.3 is 9.05 Å². The monoisotopic (exact) mass is 312 g/mol. The van der Waals surface area contributed by atoms with Crippen LogP contribution >= 0.6 is 7.60 Å². The molecule has 0 bridgehead atoms. The molecule has 0 aliphatic heterocycles. The second-order valence-corrected chi connectivity index (χ2v) is 8.78. The average molecular weight is 312 g/mol. The SMILES string of the molecule is C=CC1CCC(P(=O)(OC)OC(=C)C2CCCCC2)CC1. The molecule has 0 amide bonds. The normalized spacial score (nSPS) is 30.3. The van der Waals surface area contributed by atoms with Crippen LogP contribution in [0.5, 0.6) is 0 Å². The first kappa shape index (κ1) is 16.8. The lowest BCUT2D eigenvalue weighted by Gasteiger charge is -2.33. The molecule has 2 aliphatic rings. The van der Waals surface area contributed by atoms with Crippen LogP contribution in [0.2, 0.25) is 0 Å². The van der Waals surface area contributed by atoms with E-state index in [0.717, 1.165) is 38.5 Å². The molecule has 120 valence electrons. The molecule has 0 saturated heterocycles. The van der Waals surface area contributed by atoms with Crippen molar-refractivity contribution in [2.45, 2.75) is 63.4 Å². The van der Waals surface area contributed by atoms with Crippen LogP contribution in [0.25, 0.3) is 0 Å². The Bertz CT molecular complexity index is 404. The van der Waals surface area contributed by atoms with Gasteiger partial charge in [0.1, 0.15) is 5.76 Å². The fraction of sp³-hybridized carbons (Fsp3) is 0.765. The summed E-state index contributed by atoms with van der Waals surface area (Å²) in [6.07, 6.45) is 11.8. The van der Waals surface area contributed by atoms with E-state index >= 15 is 0 Å². The van der Waals surface area contributed by atoms with Gasteiger partial charge in [-0.25, -0.2) is 4.57 Å². The first-order chi connectivity index (χ1) is 10.1. The van der Waals surface area contributed by atoms with E-state index in [0.29, 0.717) is 17.6 Å². The maximum Gasteiger partial charge on any atom is 0.381 e. The minimum Gasteiger partial charge on any atom is -0.429 e. The van der Waals surface area contributed by atoms with Crippen molar-refractivity contribution < 1.29 is 13.6 Å². The fourth-order valence-corrected chi connectivity index (χ4v) is 5.51. The predicted molar refractivity (Wildman–Crippen MR) is 87.4 cm³/mol. The third-order valence-corrected chi connectivity index (χ3v) is 7.49. The zero-order chi connectivity index (χ0) is 15.3. The van der Waals surface area contributed by atoms with E-state index < -0.39 is 7.60 Å². The van der Waals surface area contributed by atoms with Crippen molar-refractivity contribution in [3.05, 3.63) is 25.0 Å². The van der Waals surface area contributed by atoms with E-state index in [2.05, 4.69) is 13.2 Å². The highest BCUT2D eigenvalue weighted by Crippen LogP contribution is 2.59. The van der Waals surface area contributed by atoms with Crippen molar-refractivity contribution in [1.29, 1.82) is 0 Å². The van der Waals surface area contributed by atoms with Crippen LogP contribution in [0.3, 0.4) is 0 Å². The number of hydrogen-bond acceptors (Lipinski definition) is 3. The Hall–Kier alpha value is -0.530. The fourth-order valence-electron chi connectivity index (χ4n) is 3.58. The second kappa shape index (κ2) is 7.65. The molecule has 3 nitrogen and oxygen atoms in total. The Labute approximate surface area is 129 Å². The molecule has 0 aromatic rings. The summed E-state index contributed by atoms with van der Waals surface area (Å²) in [5, 5.41) is 0. The van der Waals surface area contributed by atoms with Gasteiger partial charge in [0, 0.05) is 13.0 Å². The van der Waals surface area contributed by atoms with E-state index in [1.807, 2.05) is 6.08 Å². The Morgan fingerprint density at radius 1 is 1.10 bits per heavy atom. The van der Waals surface area contributed by atoms with E-state index in [-0.39, 0.29) is 5.66 Å². The summed E-state index contributed by atoms with van der Waals surface area (Å²) >= 11 is 0. The first-order valence-corrected chi connectivity index (χ1v) is 9.86. The summed E-state index contributed by atoms with van der Waals surface area (Å²) in [4.78, 5) is 0. The molecule has 1 atom stereocenters. The van der Waals surface area contributed by atoms with Crippen molar-refractivity contribution in [3.63, 3.8) is 0 Å².